The van der Waals surface area contributed by atoms with Gasteiger partial charge in [-0.05, 0) is 236 Å². The van der Waals surface area contributed by atoms with Crippen LogP contribution in [0.5, 0.6) is 0 Å². The molecule has 6 N–H and O–H groups in total. The number of aliphatic hydroxyl groups excluding tert-OH is 1. The van der Waals surface area contributed by atoms with Crippen LogP contribution in [0.4, 0.5) is 50.3 Å². The van der Waals surface area contributed by atoms with E-state index in [2.05, 4.69) is 127 Å². The number of carbonyl (C=O) groups excluding carboxylic acids is 4. The summed E-state index contributed by atoms with van der Waals surface area (Å²) in [6, 6.07) is 50.2. The molecule has 6 aliphatic heterocycles. The molecule has 25 nitrogen and oxygen atoms in total. The van der Waals surface area contributed by atoms with Crippen molar-refractivity contribution in [3.8, 4) is 24.5 Å². The van der Waals surface area contributed by atoms with Gasteiger partial charge in [0.05, 0.1) is 52.6 Å². The van der Waals surface area contributed by atoms with E-state index in [1.165, 1.54) is 29.5 Å². The molecule has 4 amide bonds. The fourth-order valence-corrected chi connectivity index (χ4v) is 19.0. The molecular weight excluding hydrogens is 1580 g/mol. The number of primary sulfonamides is 1. The molecule has 9 heterocycles. The minimum atomic E-state index is -3.93. The second kappa shape index (κ2) is 40.1. The Morgan fingerprint density at radius 1 is 0.508 bits per heavy atom. The van der Waals surface area contributed by atoms with Crippen molar-refractivity contribution in [2.75, 3.05) is 152 Å². The van der Waals surface area contributed by atoms with Crippen LogP contribution in [0.3, 0.4) is 0 Å². The summed E-state index contributed by atoms with van der Waals surface area (Å²) >= 11 is 0. The number of sulfonamides is 1. The van der Waals surface area contributed by atoms with E-state index in [9.17, 15) is 47.6 Å². The normalized spacial score (nSPS) is 17.9. The van der Waals surface area contributed by atoms with Crippen LogP contribution in [0.1, 0.15) is 149 Å². The molecule has 6 aliphatic rings. The Bertz CT molecular complexity index is 5610. The molecular formula is C97H113FN18O7S. The minimum absolute atomic E-state index is 0.00666. The summed E-state index contributed by atoms with van der Waals surface area (Å²) in [6.07, 6.45) is 17.0. The molecule has 15 rings (SSSR count). The lowest BCUT2D eigenvalue weighted by Crippen LogP contribution is -2.56. The molecule has 0 spiro atoms. The van der Waals surface area contributed by atoms with E-state index < -0.39 is 15.8 Å². The number of aromatic nitrogens is 3. The number of hydrogen-bond donors (Lipinski definition) is 5. The van der Waals surface area contributed by atoms with Gasteiger partial charge in [0.1, 0.15) is 40.3 Å². The van der Waals surface area contributed by atoms with Crippen LogP contribution in [0.25, 0.3) is 0 Å². The van der Waals surface area contributed by atoms with E-state index in [4.69, 9.17) is 11.6 Å². The molecule has 646 valence electrons. The van der Waals surface area contributed by atoms with E-state index in [1.54, 1.807) is 48.6 Å². The Morgan fingerprint density at radius 2 is 0.944 bits per heavy atom. The van der Waals surface area contributed by atoms with Crippen molar-refractivity contribution in [1.29, 1.82) is 10.5 Å². The lowest BCUT2D eigenvalue weighted by Gasteiger charge is -2.41. The number of amides is 4. The number of piperazine rings is 3. The van der Waals surface area contributed by atoms with E-state index in [-0.39, 0.29) is 59.3 Å². The first-order valence-corrected chi connectivity index (χ1v) is 44.5. The molecule has 6 aromatic carbocycles. The number of benzene rings is 6. The maximum absolute atomic E-state index is 13.8. The van der Waals surface area contributed by atoms with E-state index in [0.29, 0.717) is 111 Å². The van der Waals surface area contributed by atoms with Gasteiger partial charge in [0.2, 0.25) is 10.0 Å². The second-order valence-corrected chi connectivity index (χ2v) is 35.0. The topological polar surface area (TPSA) is 300 Å². The number of nitrogens with one attached hydrogen (secondary N) is 3. The largest absolute Gasteiger partial charge is 0.394 e. The number of pyridine rings is 3. The molecule has 0 aliphatic carbocycles. The maximum Gasteiger partial charge on any atom is 0.254 e. The van der Waals surface area contributed by atoms with E-state index >= 15 is 0 Å². The van der Waals surface area contributed by atoms with Crippen molar-refractivity contribution in [2.24, 2.45) is 11.1 Å². The third-order valence-electron chi connectivity index (χ3n) is 25.2. The van der Waals surface area contributed by atoms with Gasteiger partial charge in [-0.15, -0.1) is 6.42 Å². The number of nitrogens with two attached hydrogens (primary N) is 1. The smallest absolute Gasteiger partial charge is 0.254 e. The van der Waals surface area contributed by atoms with Gasteiger partial charge in [0.15, 0.2) is 0 Å². The average Bonchev–Trinajstić information content (AvgIpc) is 0.787. The number of halogens is 1. The molecule has 27 heteroatoms. The summed E-state index contributed by atoms with van der Waals surface area (Å²) < 4.78 is 37.6. The SMILES string of the molecule is C#Cc1ccccc1N1CCC(Nc2cc(C(=O)N3CCN(c4ncccc4S(N)(=O)=O)[C@H](C)C3)c(C)cc2C)CC1.CNC(=O)c1cccnc1N1CCN(C(=O)c2cc(CC3CCN(c4ccccc4C#N)CC3)c(C)cc2C)C[C@H]1C.Cc1cc(C)c(C(=O)N2CCN(c3ccc(F)cn3)[C@H](CO)C2)cc1NC1CCN(c2ccccc2C#N)CC1. The zero-order valence-corrected chi connectivity index (χ0v) is 73.2. The molecule has 3 atom stereocenters. The van der Waals surface area contributed by atoms with Gasteiger partial charge >= 0.3 is 0 Å². The minimum Gasteiger partial charge on any atom is -0.394 e. The van der Waals surface area contributed by atoms with Gasteiger partial charge in [0, 0.05) is 175 Å². The Labute approximate surface area is 728 Å². The van der Waals surface area contributed by atoms with Gasteiger partial charge in [-0.25, -0.2) is 32.9 Å². The first-order chi connectivity index (χ1) is 59.7. The maximum atomic E-state index is 13.8. The molecule has 9 aromatic rings. The van der Waals surface area contributed by atoms with Gasteiger partial charge in [-0.3, -0.25) is 19.2 Å². The third-order valence-corrected chi connectivity index (χ3v) is 26.1. The Hall–Kier alpha value is -12.6. The van der Waals surface area contributed by atoms with Crippen molar-refractivity contribution in [3.05, 3.63) is 248 Å². The number of aryl methyl sites for hydroxylation is 6. The Morgan fingerprint density at radius 3 is 1.40 bits per heavy atom. The average molecular weight is 1690 g/mol. The van der Waals surface area contributed by atoms with Crippen LogP contribution in [-0.4, -0.2) is 209 Å². The van der Waals surface area contributed by atoms with Gasteiger partial charge in [-0.1, -0.05) is 60.5 Å². The van der Waals surface area contributed by atoms with Crippen molar-refractivity contribution in [1.82, 2.24) is 35.0 Å². The summed E-state index contributed by atoms with van der Waals surface area (Å²) in [7, 11) is -2.31. The molecule has 0 unspecified atom stereocenters. The number of carbonyl (C=O) groups is 4. The summed E-state index contributed by atoms with van der Waals surface area (Å²) in [5, 5.41) is 44.6. The van der Waals surface area contributed by atoms with E-state index in [1.807, 2.05) is 126 Å². The molecule has 0 bridgehead atoms. The van der Waals surface area contributed by atoms with Crippen LogP contribution < -0.4 is 50.5 Å². The highest BCUT2D eigenvalue weighted by Gasteiger charge is 2.37. The molecule has 6 saturated heterocycles. The molecule has 0 saturated carbocycles. The van der Waals surface area contributed by atoms with E-state index in [0.717, 1.165) is 157 Å². The zero-order valence-electron chi connectivity index (χ0n) is 72.4. The quantitative estimate of drug-likeness (QED) is 0.0499. The first-order valence-electron chi connectivity index (χ1n) is 42.9. The predicted molar refractivity (Wildman–Crippen MR) is 488 cm³/mol. The number of hydrogen-bond acceptors (Lipinski definition) is 20. The zero-order chi connectivity index (χ0) is 88.0. The highest BCUT2D eigenvalue weighted by atomic mass is 32.2. The molecule has 6 fully saturated rings. The Kier molecular flexibility index (Phi) is 28.9. The summed E-state index contributed by atoms with van der Waals surface area (Å²) in [6.45, 7) is 25.9. The van der Waals surface area contributed by atoms with Crippen molar-refractivity contribution < 1.29 is 37.1 Å². The number of anilines is 8. The lowest BCUT2D eigenvalue weighted by atomic mass is 9.86. The highest BCUT2D eigenvalue weighted by molar-refractivity contribution is 7.89. The summed E-state index contributed by atoms with van der Waals surface area (Å²) in [5.41, 5.74) is 17.6. The number of aliphatic hydroxyl groups is 1. The second-order valence-electron chi connectivity index (χ2n) is 33.4. The fraction of sp³-hybridized carbons (Fsp3) is 0.392. The number of para-hydroxylation sites is 3. The number of terminal acetylenes is 1. The lowest BCUT2D eigenvalue weighted by molar-refractivity contribution is 0.0695. The van der Waals surface area contributed by atoms with Gasteiger partial charge in [0.25, 0.3) is 23.6 Å². The summed E-state index contributed by atoms with van der Waals surface area (Å²) in [4.78, 5) is 85.2. The molecule has 3 aromatic heterocycles. The van der Waals surface area contributed by atoms with Crippen LogP contribution in [0, 0.1) is 88.3 Å². The standard InChI is InChI=1S/C34H40N6O2.C32H38N6O3S.C31H35FN6O2/c1-23-18-24(2)30(20-28(23)19-26-11-14-38(15-12-26)31-10-6-5-8-27(31)21-35)34(42)39-16-17-40(25(3)22-39)32-29(33(41)36-4)9-7-13-37-32;1-5-25-9-6-7-10-29(25)36-15-12-26(13-16-36)35-28-20-27(22(2)19-23(28)3)32(39)37-17-18-38(24(4)21-37)31-30(42(33,40)41)11-8-14-34-31;1-21-15-22(2)28(35-25-9-11-36(12-10-25)29-6-4-3-5-23(29)17-33)16-27(21)31(40)37-13-14-38(26(19-37)20-39)30-8-7-24(32)18-34-30/h5-10,13,18,20,25-26H,11-12,14-17,19,22H2,1-4H3,(H,36,41);1,6-11,14,19-20,24,26,35H,12-13,15-18,21H2,2-4H3,(H2,33,40,41);3-8,15-16,18,25-26,35,39H,9-14,19-20H2,1-2H3/t25-;24-;26-/m110/s1. The summed E-state index contributed by atoms with van der Waals surface area (Å²) in [5.74, 6) is 4.31. The van der Waals surface area contributed by atoms with Crippen LogP contribution in [0.15, 0.2) is 169 Å². The number of nitriles is 2. The van der Waals surface area contributed by atoms with Crippen molar-refractivity contribution in [2.45, 2.75) is 135 Å². The third kappa shape index (κ3) is 20.7. The molecule has 124 heavy (non-hydrogen) atoms. The van der Waals surface area contributed by atoms with Crippen LogP contribution in [-0.2, 0) is 16.4 Å². The van der Waals surface area contributed by atoms with Gasteiger partial charge < -0.3 is 65.2 Å². The first kappa shape index (κ1) is 89.2. The predicted octanol–water partition coefficient (Wildman–Crippen LogP) is 12.6. The molecule has 0 radical (unpaired) electrons. The monoisotopic (exact) mass is 1690 g/mol. The number of piperidine rings is 3. The van der Waals surface area contributed by atoms with Gasteiger partial charge in [-0.2, -0.15) is 10.5 Å². The Balaban J connectivity index is 0.000000160. The van der Waals surface area contributed by atoms with Crippen LogP contribution >= 0.6 is 0 Å². The fourth-order valence-electron chi connectivity index (χ4n) is 18.3. The number of rotatable bonds is 18. The highest BCUT2D eigenvalue weighted by Crippen LogP contribution is 2.36. The van der Waals surface area contributed by atoms with Crippen molar-refractivity contribution in [3.63, 3.8) is 0 Å². The van der Waals surface area contributed by atoms with Crippen LogP contribution in [0.2, 0.25) is 0 Å². The number of nitrogens with zero attached hydrogens (tertiary/aromatic N) is 14. The van der Waals surface area contributed by atoms with Crippen molar-refractivity contribution >= 4 is 79.5 Å².